The van der Waals surface area contributed by atoms with Crippen molar-refractivity contribution in [3.63, 3.8) is 0 Å². The predicted octanol–water partition coefficient (Wildman–Crippen LogP) is 3.25. The first kappa shape index (κ1) is 10.5. The van der Waals surface area contributed by atoms with Gasteiger partial charge in [-0.3, -0.25) is 0 Å². The summed E-state index contributed by atoms with van der Waals surface area (Å²) in [4.78, 5) is 3.72. The van der Waals surface area contributed by atoms with E-state index in [1.54, 1.807) is 0 Å². The molecule has 0 spiro atoms. The first-order valence-corrected chi connectivity index (χ1v) is 6.31. The molecule has 3 heteroatoms. The number of thioether (sulfide) groups is 1. The van der Waals surface area contributed by atoms with Gasteiger partial charge >= 0.3 is 0 Å². The molecule has 1 heterocycles. The van der Waals surface area contributed by atoms with Gasteiger partial charge in [-0.1, -0.05) is 15.9 Å². The minimum atomic E-state index is 0.419. The number of benzene rings is 1. The molecular formula is C11H14BrNS. The van der Waals surface area contributed by atoms with Gasteiger partial charge in [0.25, 0.3) is 0 Å². The van der Waals surface area contributed by atoms with E-state index >= 15 is 0 Å². The molecule has 1 nitrogen and oxygen atoms in total. The van der Waals surface area contributed by atoms with Crippen LogP contribution in [-0.2, 0) is 0 Å². The zero-order chi connectivity index (χ0) is 10.2. The highest BCUT2D eigenvalue weighted by atomic mass is 79.9. The lowest BCUT2D eigenvalue weighted by atomic mass is 10.0. The largest absolute Gasteiger partial charge is 0.304 e. The molecule has 2 rings (SSSR count). The molecule has 1 aliphatic heterocycles. The van der Waals surface area contributed by atoms with Crippen molar-refractivity contribution in [1.29, 1.82) is 0 Å². The molecule has 1 aliphatic rings. The summed E-state index contributed by atoms with van der Waals surface area (Å²) in [6, 6.07) is 8.57. The lowest BCUT2D eigenvalue weighted by Crippen LogP contribution is -2.55. The third-order valence-corrected chi connectivity index (χ3v) is 4.17. The van der Waals surface area contributed by atoms with Crippen LogP contribution in [0.15, 0.2) is 33.6 Å². The Bertz CT molecular complexity index is 317. The van der Waals surface area contributed by atoms with Gasteiger partial charge < -0.3 is 4.90 Å². The molecular weight excluding hydrogens is 258 g/mol. The fourth-order valence-electron chi connectivity index (χ4n) is 1.95. The minimum absolute atomic E-state index is 0.419. The Balaban J connectivity index is 2.01. The Kier molecular flexibility index (Phi) is 2.91. The van der Waals surface area contributed by atoms with Gasteiger partial charge in [0.2, 0.25) is 0 Å². The highest BCUT2D eigenvalue weighted by Gasteiger charge is 2.37. The summed E-state index contributed by atoms with van der Waals surface area (Å²) in [7, 11) is 2.17. The number of halogens is 1. The molecule has 1 aromatic rings. The topological polar surface area (TPSA) is 3.24 Å². The minimum Gasteiger partial charge on any atom is -0.304 e. The molecule has 0 N–H and O–H groups in total. The zero-order valence-electron chi connectivity index (χ0n) is 8.46. The van der Waals surface area contributed by atoms with E-state index in [-0.39, 0.29) is 0 Å². The van der Waals surface area contributed by atoms with E-state index < -0.39 is 0 Å². The second-order valence-electron chi connectivity index (χ2n) is 4.18. The molecule has 0 atom stereocenters. The van der Waals surface area contributed by atoms with Crippen LogP contribution in [-0.4, -0.2) is 29.8 Å². The molecule has 1 saturated heterocycles. The summed E-state index contributed by atoms with van der Waals surface area (Å²) in [6.45, 7) is 4.71. The Hall–Kier alpha value is 0.01000. The lowest BCUT2D eigenvalue weighted by Gasteiger charge is -2.45. The summed E-state index contributed by atoms with van der Waals surface area (Å²) >= 11 is 5.43. The third-order valence-electron chi connectivity index (χ3n) is 2.39. The Morgan fingerprint density at radius 3 is 2.36 bits per heavy atom. The molecule has 0 aromatic heterocycles. The van der Waals surface area contributed by atoms with E-state index in [1.165, 1.54) is 18.0 Å². The second-order valence-corrected chi connectivity index (χ2v) is 6.75. The monoisotopic (exact) mass is 271 g/mol. The average Bonchev–Trinajstić information content (AvgIpc) is 2.07. The molecule has 1 fully saturated rings. The molecule has 76 valence electrons. The predicted molar refractivity (Wildman–Crippen MR) is 65.9 cm³/mol. The summed E-state index contributed by atoms with van der Waals surface area (Å²) in [6.07, 6.45) is 0. The highest BCUT2D eigenvalue weighted by molar-refractivity contribution is 9.10. The van der Waals surface area contributed by atoms with Crippen LogP contribution in [0.3, 0.4) is 0 Å². The van der Waals surface area contributed by atoms with Crippen LogP contribution in [0.4, 0.5) is 0 Å². The van der Waals surface area contributed by atoms with Crippen molar-refractivity contribution in [2.24, 2.45) is 0 Å². The fraction of sp³-hybridized carbons (Fsp3) is 0.455. The van der Waals surface area contributed by atoms with Crippen LogP contribution in [0.5, 0.6) is 0 Å². The molecule has 1 aromatic carbocycles. The van der Waals surface area contributed by atoms with Crippen LogP contribution in [0.25, 0.3) is 0 Å². The SMILES string of the molecule is CN1CC(C)(Sc2ccc(Br)cc2)C1. The number of likely N-dealkylation sites (tertiary alicyclic amines) is 1. The number of rotatable bonds is 2. The summed E-state index contributed by atoms with van der Waals surface area (Å²) in [5.74, 6) is 0. The molecule has 0 saturated carbocycles. The maximum absolute atomic E-state index is 3.45. The van der Waals surface area contributed by atoms with Crippen LogP contribution in [0, 0.1) is 0 Å². The maximum Gasteiger partial charge on any atom is 0.0432 e. The third kappa shape index (κ3) is 2.33. The van der Waals surface area contributed by atoms with Crippen molar-refractivity contribution < 1.29 is 0 Å². The van der Waals surface area contributed by atoms with Crippen molar-refractivity contribution in [3.8, 4) is 0 Å². The number of nitrogens with zero attached hydrogens (tertiary/aromatic N) is 1. The van der Waals surface area contributed by atoms with Gasteiger partial charge in [0.05, 0.1) is 0 Å². The van der Waals surface area contributed by atoms with Crippen molar-refractivity contribution in [1.82, 2.24) is 4.90 Å². The van der Waals surface area contributed by atoms with Gasteiger partial charge in [-0.2, -0.15) is 0 Å². The Morgan fingerprint density at radius 2 is 1.86 bits per heavy atom. The quantitative estimate of drug-likeness (QED) is 0.813. The highest BCUT2D eigenvalue weighted by Crippen LogP contribution is 2.39. The van der Waals surface area contributed by atoms with Gasteiger partial charge in [-0.05, 0) is 38.2 Å². The fourth-order valence-corrected chi connectivity index (χ4v) is 3.62. The molecule has 0 unspecified atom stereocenters. The van der Waals surface area contributed by atoms with Crippen molar-refractivity contribution in [2.45, 2.75) is 16.6 Å². The smallest absolute Gasteiger partial charge is 0.0432 e. The van der Waals surface area contributed by atoms with Gasteiger partial charge in [-0.25, -0.2) is 0 Å². The van der Waals surface area contributed by atoms with Crippen LogP contribution >= 0.6 is 27.7 Å². The average molecular weight is 272 g/mol. The number of hydrogen-bond donors (Lipinski definition) is 0. The molecule has 0 aliphatic carbocycles. The van der Waals surface area contributed by atoms with Crippen LogP contribution < -0.4 is 0 Å². The van der Waals surface area contributed by atoms with Gasteiger partial charge in [0.1, 0.15) is 0 Å². The normalized spacial score (nSPS) is 20.5. The Labute approximate surface area is 98.0 Å². The summed E-state index contributed by atoms with van der Waals surface area (Å²) in [5.41, 5.74) is 0. The second kappa shape index (κ2) is 3.87. The van der Waals surface area contributed by atoms with Gasteiger partial charge in [-0.15, -0.1) is 11.8 Å². The van der Waals surface area contributed by atoms with E-state index in [2.05, 4.69) is 59.1 Å². The molecule has 14 heavy (non-hydrogen) atoms. The molecule has 0 bridgehead atoms. The van der Waals surface area contributed by atoms with E-state index in [0.29, 0.717) is 4.75 Å². The van der Waals surface area contributed by atoms with E-state index in [4.69, 9.17) is 0 Å². The molecule has 0 radical (unpaired) electrons. The van der Waals surface area contributed by atoms with Gasteiger partial charge in [0.15, 0.2) is 0 Å². The van der Waals surface area contributed by atoms with Crippen LogP contribution in [0.1, 0.15) is 6.92 Å². The van der Waals surface area contributed by atoms with E-state index in [0.717, 1.165) is 4.47 Å². The first-order valence-electron chi connectivity index (χ1n) is 4.71. The van der Waals surface area contributed by atoms with Crippen molar-refractivity contribution in [2.75, 3.05) is 20.1 Å². The van der Waals surface area contributed by atoms with Crippen molar-refractivity contribution >= 4 is 27.7 Å². The van der Waals surface area contributed by atoms with Gasteiger partial charge in [0, 0.05) is 27.2 Å². The van der Waals surface area contributed by atoms with Crippen LogP contribution in [0.2, 0.25) is 0 Å². The van der Waals surface area contributed by atoms with E-state index in [9.17, 15) is 0 Å². The molecule has 0 amide bonds. The lowest BCUT2D eigenvalue weighted by molar-refractivity contribution is 0.177. The standard InChI is InChI=1S/C11H14BrNS/c1-11(7-13(2)8-11)14-10-5-3-9(12)4-6-10/h3-6H,7-8H2,1-2H3. The summed E-state index contributed by atoms with van der Waals surface area (Å²) in [5, 5.41) is 0. The number of hydrogen-bond acceptors (Lipinski definition) is 2. The van der Waals surface area contributed by atoms with E-state index in [1.807, 2.05) is 11.8 Å². The maximum atomic E-state index is 3.45. The Morgan fingerprint density at radius 1 is 1.29 bits per heavy atom. The summed E-state index contributed by atoms with van der Waals surface area (Å²) < 4.78 is 1.57. The van der Waals surface area contributed by atoms with Crippen molar-refractivity contribution in [3.05, 3.63) is 28.7 Å². The zero-order valence-corrected chi connectivity index (χ0v) is 10.9. The first-order chi connectivity index (χ1) is 6.57.